The van der Waals surface area contributed by atoms with E-state index in [0.29, 0.717) is 0 Å². The number of hydrogen-bond acceptors (Lipinski definition) is 0. The van der Waals surface area contributed by atoms with Crippen molar-refractivity contribution in [3.8, 4) is 11.1 Å². The van der Waals surface area contributed by atoms with E-state index in [1.54, 1.807) is 6.55 Å². The van der Waals surface area contributed by atoms with Crippen LogP contribution in [0.3, 0.4) is 0 Å². The first kappa shape index (κ1) is 43.4. The Morgan fingerprint density at radius 1 is 0.547 bits per heavy atom. The van der Waals surface area contributed by atoms with Crippen LogP contribution in [-0.4, -0.2) is 4.21 Å². The first-order valence-corrected chi connectivity index (χ1v) is 26.0. The van der Waals surface area contributed by atoms with Crippen LogP contribution in [0.4, 0.5) is 0 Å². The molecule has 0 bridgehead atoms. The van der Waals surface area contributed by atoms with Crippen LogP contribution in [0.25, 0.3) is 11.1 Å². The molecule has 0 fully saturated rings. The molecule has 284 valence electrons. The minimum absolute atomic E-state index is 0. The molecule has 4 aromatic rings. The zero-order chi connectivity index (χ0) is 37.7. The molecule has 0 amide bonds. The number of aryl methyl sites for hydroxylation is 2. The van der Waals surface area contributed by atoms with Gasteiger partial charge in [-0.15, -0.1) is 24.8 Å². The number of allylic oxidation sites excluding steroid dienone is 4. The van der Waals surface area contributed by atoms with Crippen LogP contribution in [0.1, 0.15) is 141 Å². The molecule has 0 N–H and O–H groups in total. The molecule has 0 aliphatic heterocycles. The Bertz CT molecular complexity index is 2130. The van der Waals surface area contributed by atoms with E-state index in [0.717, 1.165) is 12.8 Å². The van der Waals surface area contributed by atoms with E-state index in [-0.39, 0.29) is 46.5 Å². The molecule has 0 nitrogen and oxygen atoms in total. The molecule has 0 atom stereocenters. The molecule has 53 heavy (non-hydrogen) atoms. The number of fused-ring (bicyclic) bond motifs is 3. The van der Waals surface area contributed by atoms with Crippen molar-refractivity contribution >= 4 is 38.8 Å². The Labute approximate surface area is 336 Å². The van der Waals surface area contributed by atoms with Crippen molar-refractivity contribution in [2.45, 2.75) is 138 Å². The first-order chi connectivity index (χ1) is 23.4. The van der Waals surface area contributed by atoms with Gasteiger partial charge in [0.25, 0.3) is 0 Å². The predicted molar refractivity (Wildman–Crippen MR) is 239 cm³/mol. The van der Waals surface area contributed by atoms with E-state index < -0.39 is 18.3 Å². The molecule has 2 aliphatic carbocycles. The van der Waals surface area contributed by atoms with E-state index in [1.165, 1.54) is 67.8 Å². The molecule has 0 aromatic heterocycles. The standard InChI is InChI=1S/C29H41.2C7H7.C6H7.CH2.2ClH.Zr/c1-26(2,3)22-14-18-13-19-15-23(27(4,5)6)25(29(10,11)12)17-21(19)20(18)16-24(22)28(7,8)9;2*1-7-5-3-2-4-6-7;1-6-4-2-3-5-6;;;;/h14,16-17H,13H2,1-12H3;2*3-6H,1H3;2,4H,3H2,1H3;1H2;2*1H;. The summed E-state index contributed by atoms with van der Waals surface area (Å²) in [5.74, 6) is 0. The second kappa shape index (κ2) is 14.0. The number of rotatable bonds is 4. The van der Waals surface area contributed by atoms with Crippen molar-refractivity contribution in [3.63, 3.8) is 0 Å². The molecule has 0 heterocycles. The van der Waals surface area contributed by atoms with Gasteiger partial charge in [0, 0.05) is 0 Å². The van der Waals surface area contributed by atoms with Gasteiger partial charge in [0.1, 0.15) is 0 Å². The maximum absolute atomic E-state index is 5.97. The van der Waals surface area contributed by atoms with Gasteiger partial charge >= 0.3 is 314 Å². The fourth-order valence-electron chi connectivity index (χ4n) is 9.67. The molecule has 3 heteroatoms. The molecule has 0 spiro atoms. The summed E-state index contributed by atoms with van der Waals surface area (Å²) in [7, 11) is 0. The monoisotopic (exact) mass is 826 g/mol. The predicted octanol–water partition coefficient (Wildman–Crippen LogP) is 12.5. The molecule has 0 saturated heterocycles. The van der Waals surface area contributed by atoms with Crippen molar-refractivity contribution in [1.29, 1.82) is 0 Å². The van der Waals surface area contributed by atoms with E-state index >= 15 is 0 Å². The third-order valence-corrected chi connectivity index (χ3v) is 29.0. The Balaban J connectivity index is 0.00000314. The topological polar surface area (TPSA) is 0 Å². The van der Waals surface area contributed by atoms with Gasteiger partial charge < -0.3 is 0 Å². The summed E-state index contributed by atoms with van der Waals surface area (Å²) < 4.78 is 12.1. The third kappa shape index (κ3) is 6.93. The van der Waals surface area contributed by atoms with Gasteiger partial charge in [0.2, 0.25) is 0 Å². The van der Waals surface area contributed by atoms with Crippen molar-refractivity contribution in [2.75, 3.05) is 0 Å². The van der Waals surface area contributed by atoms with Gasteiger partial charge in [-0.2, -0.15) is 0 Å². The molecule has 2 aliphatic rings. The second-order valence-corrected chi connectivity index (χ2v) is 33.1. The normalized spacial score (nSPS) is 14.9. The average Bonchev–Trinajstić information content (AvgIpc) is 3.61. The quantitative estimate of drug-likeness (QED) is 0.169. The van der Waals surface area contributed by atoms with E-state index in [4.69, 9.17) is 4.21 Å². The third-order valence-electron chi connectivity index (χ3n) is 12.3. The first-order valence-electron chi connectivity index (χ1n) is 19.3. The Hall–Kier alpha value is -2.31. The van der Waals surface area contributed by atoms with Gasteiger partial charge in [0.05, 0.1) is 0 Å². The van der Waals surface area contributed by atoms with Crippen LogP contribution in [0.5, 0.6) is 0 Å². The molecule has 6 rings (SSSR count). The number of hydrogen-bond donors (Lipinski definition) is 0. The molecular formula is C50H66Cl2Zr. The summed E-state index contributed by atoms with van der Waals surface area (Å²) in [5, 5.41) is 0. The summed E-state index contributed by atoms with van der Waals surface area (Å²) in [6, 6.07) is 27.1. The second-order valence-electron chi connectivity index (χ2n) is 20.4. The average molecular weight is 829 g/mol. The molecule has 0 saturated carbocycles. The van der Waals surface area contributed by atoms with Crippen LogP contribution in [0.15, 0.2) is 87.7 Å². The summed E-state index contributed by atoms with van der Waals surface area (Å²) >= 11 is -5.08. The SMILES string of the molecule is Cl.Cl.[CH2]=[Zr]([C]1=C(C)C=CC1)([c]1ccc(C)cc1)([c]1ccc(C)cc1)[c]1c2c(cc(C(C)(C)C)c1C(C)(C)C)-c1cc(C(C)(C)C)c(C(C)(C)C)cc1C2. The van der Waals surface area contributed by atoms with E-state index in [1.807, 2.05) is 0 Å². The van der Waals surface area contributed by atoms with Gasteiger partial charge in [-0.3, -0.25) is 0 Å². The fourth-order valence-corrected chi connectivity index (χ4v) is 27.3. The van der Waals surface area contributed by atoms with Crippen LogP contribution in [0.2, 0.25) is 0 Å². The molecule has 0 radical (unpaired) electrons. The molecular weight excluding hydrogens is 763 g/mol. The van der Waals surface area contributed by atoms with Crippen LogP contribution >= 0.6 is 24.8 Å². The maximum atomic E-state index is 5.97. The van der Waals surface area contributed by atoms with Gasteiger partial charge in [-0.1, -0.05) is 0 Å². The van der Waals surface area contributed by atoms with Crippen LogP contribution in [-0.2, 0) is 46.4 Å². The molecule has 0 unspecified atom stereocenters. The van der Waals surface area contributed by atoms with Gasteiger partial charge in [-0.05, 0) is 0 Å². The summed E-state index contributed by atoms with van der Waals surface area (Å²) in [6.45, 7) is 35.8. The van der Waals surface area contributed by atoms with E-state index in [9.17, 15) is 0 Å². The van der Waals surface area contributed by atoms with Crippen LogP contribution in [0, 0.1) is 13.8 Å². The van der Waals surface area contributed by atoms with Crippen molar-refractivity contribution < 1.29 is 18.3 Å². The van der Waals surface area contributed by atoms with Crippen molar-refractivity contribution in [3.05, 3.63) is 132 Å². The number of benzene rings is 4. The number of halogens is 2. The Kier molecular flexibility index (Phi) is 11.5. The summed E-state index contributed by atoms with van der Waals surface area (Å²) in [4.78, 5) is 0. The van der Waals surface area contributed by atoms with E-state index in [2.05, 4.69) is 183 Å². The van der Waals surface area contributed by atoms with Crippen molar-refractivity contribution in [1.82, 2.24) is 0 Å². The Morgan fingerprint density at radius 2 is 0.981 bits per heavy atom. The summed E-state index contributed by atoms with van der Waals surface area (Å²) in [6.07, 6.45) is 6.70. The zero-order valence-corrected chi connectivity index (χ0v) is 39.5. The van der Waals surface area contributed by atoms with Gasteiger partial charge in [0.15, 0.2) is 0 Å². The Morgan fingerprint density at radius 3 is 1.38 bits per heavy atom. The fraction of sp³-hybridized carbons (Fsp3) is 0.420. The minimum atomic E-state index is -5.08. The van der Waals surface area contributed by atoms with Crippen LogP contribution < -0.4 is 9.81 Å². The zero-order valence-electron chi connectivity index (χ0n) is 35.4. The van der Waals surface area contributed by atoms with Crippen molar-refractivity contribution in [2.24, 2.45) is 0 Å². The molecule has 4 aromatic carbocycles. The summed E-state index contributed by atoms with van der Waals surface area (Å²) in [5.41, 5.74) is 15.7. The van der Waals surface area contributed by atoms with Gasteiger partial charge in [-0.25, -0.2) is 0 Å².